The van der Waals surface area contributed by atoms with Gasteiger partial charge < -0.3 is 9.47 Å². The van der Waals surface area contributed by atoms with Gasteiger partial charge in [0.2, 0.25) is 0 Å². The maximum absolute atomic E-state index is 12.4. The second-order valence-corrected chi connectivity index (χ2v) is 9.44. The molecule has 2 rings (SSSR count). The monoisotopic (exact) mass is 422 g/mol. The molecule has 0 amide bonds. The van der Waals surface area contributed by atoms with Crippen molar-refractivity contribution in [3.05, 3.63) is 36.9 Å². The zero-order valence-corrected chi connectivity index (χ0v) is 17.6. The Morgan fingerprint density at radius 3 is 2.31 bits per heavy atom. The van der Waals surface area contributed by atoms with Crippen molar-refractivity contribution in [2.75, 3.05) is 12.4 Å². The van der Waals surface area contributed by atoms with Gasteiger partial charge in [-0.25, -0.2) is 13.2 Å². The summed E-state index contributed by atoms with van der Waals surface area (Å²) in [5.74, 6) is -0.277. The molecule has 1 aliphatic carbocycles. The number of sulfone groups is 1. The fourth-order valence-corrected chi connectivity index (χ4v) is 4.72. The van der Waals surface area contributed by atoms with Crippen molar-refractivity contribution < 1.29 is 27.5 Å². The van der Waals surface area contributed by atoms with Gasteiger partial charge in [-0.2, -0.15) is 0 Å². The SMILES string of the molecule is C=CC(=O)OCCCCCCS(=O)(=O)c1ccc(OC(=O)C2CCCCC2)cc1. The first kappa shape index (κ1) is 23.1. The van der Waals surface area contributed by atoms with E-state index in [1.807, 2.05) is 0 Å². The highest BCUT2D eigenvalue weighted by atomic mass is 32.2. The van der Waals surface area contributed by atoms with Crippen LogP contribution in [0, 0.1) is 5.92 Å². The number of rotatable bonds is 11. The second kappa shape index (κ2) is 11.8. The van der Waals surface area contributed by atoms with E-state index in [2.05, 4.69) is 6.58 Å². The molecular formula is C22H30O6S. The van der Waals surface area contributed by atoms with Crippen LogP contribution in [0.15, 0.2) is 41.8 Å². The highest BCUT2D eigenvalue weighted by molar-refractivity contribution is 7.91. The van der Waals surface area contributed by atoms with Crippen LogP contribution < -0.4 is 4.74 Å². The summed E-state index contributed by atoms with van der Waals surface area (Å²) in [6.45, 7) is 3.64. The third-order valence-electron chi connectivity index (χ3n) is 5.06. The third kappa shape index (κ3) is 8.01. The lowest BCUT2D eigenvalue weighted by Gasteiger charge is -2.19. The van der Waals surface area contributed by atoms with Gasteiger partial charge in [-0.3, -0.25) is 4.79 Å². The van der Waals surface area contributed by atoms with Crippen molar-refractivity contribution in [1.29, 1.82) is 0 Å². The average molecular weight is 423 g/mol. The summed E-state index contributed by atoms with van der Waals surface area (Å²) < 4.78 is 35.2. The number of hydrogen-bond donors (Lipinski definition) is 0. The molecule has 0 N–H and O–H groups in total. The molecule has 29 heavy (non-hydrogen) atoms. The molecule has 1 aliphatic rings. The van der Waals surface area contributed by atoms with Gasteiger partial charge in [0.25, 0.3) is 0 Å². The van der Waals surface area contributed by atoms with Gasteiger partial charge in [0.05, 0.1) is 23.2 Å². The van der Waals surface area contributed by atoms with Crippen LogP contribution in [-0.2, 0) is 24.2 Å². The first-order valence-corrected chi connectivity index (χ1v) is 11.9. The van der Waals surface area contributed by atoms with Crippen LogP contribution in [-0.4, -0.2) is 32.7 Å². The summed E-state index contributed by atoms with van der Waals surface area (Å²) in [4.78, 5) is 23.3. The lowest BCUT2D eigenvalue weighted by Crippen LogP contribution is -2.22. The number of hydrogen-bond acceptors (Lipinski definition) is 6. The van der Waals surface area contributed by atoms with Gasteiger partial charge in [-0.1, -0.05) is 38.7 Å². The second-order valence-electron chi connectivity index (χ2n) is 7.33. The Bertz CT molecular complexity index is 776. The van der Waals surface area contributed by atoms with E-state index < -0.39 is 15.8 Å². The van der Waals surface area contributed by atoms with E-state index in [-0.39, 0.29) is 22.5 Å². The lowest BCUT2D eigenvalue weighted by molar-refractivity contribution is -0.140. The molecule has 1 aromatic carbocycles. The largest absolute Gasteiger partial charge is 0.463 e. The Hall–Kier alpha value is -2.15. The number of carbonyl (C=O) groups excluding carboxylic acids is 2. The Balaban J connectivity index is 1.73. The van der Waals surface area contributed by atoms with E-state index in [1.165, 1.54) is 18.6 Å². The molecule has 0 atom stereocenters. The Kier molecular flexibility index (Phi) is 9.38. The Morgan fingerprint density at radius 2 is 1.66 bits per heavy atom. The first-order chi connectivity index (χ1) is 13.9. The summed E-state index contributed by atoms with van der Waals surface area (Å²) in [6, 6.07) is 6.07. The van der Waals surface area contributed by atoms with Crippen molar-refractivity contribution >= 4 is 21.8 Å². The molecule has 1 aromatic rings. The number of ether oxygens (including phenoxy) is 2. The summed E-state index contributed by atoms with van der Waals surface area (Å²) in [6.07, 6.45) is 8.88. The fraction of sp³-hybridized carbons (Fsp3) is 0.545. The molecule has 0 spiro atoms. The van der Waals surface area contributed by atoms with Crippen LogP contribution in [0.3, 0.4) is 0 Å². The van der Waals surface area contributed by atoms with Crippen LogP contribution >= 0.6 is 0 Å². The van der Waals surface area contributed by atoms with Crippen LogP contribution in [0.5, 0.6) is 5.75 Å². The first-order valence-electron chi connectivity index (χ1n) is 10.3. The molecule has 0 radical (unpaired) electrons. The van der Waals surface area contributed by atoms with Crippen LogP contribution in [0.1, 0.15) is 57.8 Å². The predicted molar refractivity (Wildman–Crippen MR) is 110 cm³/mol. The number of esters is 2. The van der Waals surface area contributed by atoms with Gasteiger partial charge in [0.1, 0.15) is 5.75 Å². The molecule has 6 nitrogen and oxygen atoms in total. The molecule has 0 unspecified atom stereocenters. The smallest absolute Gasteiger partial charge is 0.330 e. The van der Waals surface area contributed by atoms with Crippen molar-refractivity contribution in [1.82, 2.24) is 0 Å². The summed E-state index contributed by atoms with van der Waals surface area (Å²) in [5, 5.41) is 0. The Morgan fingerprint density at radius 1 is 1.00 bits per heavy atom. The molecule has 0 saturated heterocycles. The van der Waals surface area contributed by atoms with E-state index >= 15 is 0 Å². The minimum Gasteiger partial charge on any atom is -0.463 e. The molecule has 160 valence electrons. The maximum Gasteiger partial charge on any atom is 0.330 e. The fourth-order valence-electron chi connectivity index (χ4n) is 3.35. The summed E-state index contributed by atoms with van der Waals surface area (Å²) in [5.41, 5.74) is 0. The number of unbranched alkanes of at least 4 members (excludes halogenated alkanes) is 3. The van der Waals surface area contributed by atoms with Gasteiger partial charge >= 0.3 is 11.9 Å². The van der Waals surface area contributed by atoms with Crippen LogP contribution in [0.4, 0.5) is 0 Å². The van der Waals surface area contributed by atoms with Gasteiger partial charge in [0, 0.05) is 6.08 Å². The van der Waals surface area contributed by atoms with E-state index in [9.17, 15) is 18.0 Å². The molecular weight excluding hydrogens is 392 g/mol. The topological polar surface area (TPSA) is 86.7 Å². The van der Waals surface area contributed by atoms with Crippen LogP contribution in [0.25, 0.3) is 0 Å². The normalized spacial score (nSPS) is 14.9. The number of benzene rings is 1. The molecule has 0 aliphatic heterocycles. The molecule has 0 bridgehead atoms. The minimum absolute atomic E-state index is 0.0487. The molecule has 0 heterocycles. The molecule has 0 aromatic heterocycles. The van der Waals surface area contributed by atoms with E-state index in [0.717, 1.165) is 44.6 Å². The van der Waals surface area contributed by atoms with Crippen LogP contribution in [0.2, 0.25) is 0 Å². The zero-order chi connectivity index (χ0) is 21.1. The lowest BCUT2D eigenvalue weighted by atomic mass is 9.89. The predicted octanol–water partition coefficient (Wildman–Crippen LogP) is 4.24. The zero-order valence-electron chi connectivity index (χ0n) is 16.8. The highest BCUT2D eigenvalue weighted by Crippen LogP contribution is 2.26. The van der Waals surface area contributed by atoms with Crippen molar-refractivity contribution in [3.8, 4) is 5.75 Å². The maximum atomic E-state index is 12.4. The quantitative estimate of drug-likeness (QED) is 0.229. The van der Waals surface area contributed by atoms with Gasteiger partial charge in [0.15, 0.2) is 9.84 Å². The Labute approximate surface area is 173 Å². The van der Waals surface area contributed by atoms with E-state index in [1.54, 1.807) is 12.1 Å². The highest BCUT2D eigenvalue weighted by Gasteiger charge is 2.23. The number of carbonyl (C=O) groups is 2. The molecule has 1 saturated carbocycles. The van der Waals surface area contributed by atoms with E-state index in [0.29, 0.717) is 25.2 Å². The molecule has 7 heteroatoms. The standard InChI is InChI=1S/C22H30O6S/c1-2-21(23)27-16-8-3-4-9-17-29(25,26)20-14-12-19(13-15-20)28-22(24)18-10-6-5-7-11-18/h2,12-15,18H,1,3-11,16-17H2. The summed E-state index contributed by atoms with van der Waals surface area (Å²) >= 11 is 0. The minimum atomic E-state index is -3.38. The third-order valence-corrected chi connectivity index (χ3v) is 6.87. The van der Waals surface area contributed by atoms with Crippen molar-refractivity contribution in [3.63, 3.8) is 0 Å². The van der Waals surface area contributed by atoms with Crippen molar-refractivity contribution in [2.45, 2.75) is 62.7 Å². The average Bonchev–Trinajstić information content (AvgIpc) is 2.73. The molecule has 1 fully saturated rings. The van der Waals surface area contributed by atoms with E-state index in [4.69, 9.17) is 9.47 Å². The summed E-state index contributed by atoms with van der Waals surface area (Å²) in [7, 11) is -3.38. The van der Waals surface area contributed by atoms with Crippen molar-refractivity contribution in [2.24, 2.45) is 5.92 Å². The van der Waals surface area contributed by atoms with Gasteiger partial charge in [-0.05, 0) is 49.9 Å². The van der Waals surface area contributed by atoms with Gasteiger partial charge in [-0.15, -0.1) is 0 Å².